The Morgan fingerprint density at radius 2 is 2.04 bits per heavy atom. The molecule has 0 aliphatic heterocycles. The highest BCUT2D eigenvalue weighted by molar-refractivity contribution is 8.00. The van der Waals surface area contributed by atoms with Crippen molar-refractivity contribution < 1.29 is 14.3 Å². The van der Waals surface area contributed by atoms with E-state index in [2.05, 4.69) is 15.3 Å². The number of carbonyl (C=O) groups excluding carboxylic acids is 2. The number of carbonyl (C=O) groups is 2. The molecular weight excluding hydrogens is 358 g/mol. The highest BCUT2D eigenvalue weighted by Gasteiger charge is 2.18. The van der Waals surface area contributed by atoms with E-state index in [0.29, 0.717) is 5.69 Å². The second kappa shape index (κ2) is 8.09. The number of hydrogen-bond donors (Lipinski definition) is 1. The number of rotatable bonds is 6. The van der Waals surface area contributed by atoms with E-state index >= 15 is 0 Å². The average Bonchev–Trinajstić information content (AvgIpc) is 3.10. The summed E-state index contributed by atoms with van der Waals surface area (Å²) in [4.78, 5) is 33.3. The van der Waals surface area contributed by atoms with E-state index in [-0.39, 0.29) is 11.7 Å². The first-order chi connectivity index (χ1) is 12.1. The lowest BCUT2D eigenvalue weighted by molar-refractivity contribution is -0.150. The number of aromatic nitrogens is 2. The molecule has 0 aliphatic carbocycles. The Kier molecular flexibility index (Phi) is 5.62. The minimum Gasteiger partial charge on any atom is -0.452 e. The number of fused-ring (bicyclic) bond motifs is 1. The van der Waals surface area contributed by atoms with Crippen LogP contribution in [0.5, 0.6) is 0 Å². The summed E-state index contributed by atoms with van der Waals surface area (Å²) >= 11 is 2.79. The van der Waals surface area contributed by atoms with Gasteiger partial charge in [0, 0.05) is 11.1 Å². The van der Waals surface area contributed by atoms with Crippen molar-refractivity contribution >= 4 is 50.9 Å². The first kappa shape index (κ1) is 17.4. The number of amides is 1. The molecule has 0 unspecified atom stereocenters. The normalized spacial score (nSPS) is 11.9. The smallest absolute Gasteiger partial charge is 0.317 e. The third-order valence-corrected chi connectivity index (χ3v) is 5.07. The van der Waals surface area contributed by atoms with E-state index < -0.39 is 12.1 Å². The summed E-state index contributed by atoms with van der Waals surface area (Å²) in [5.41, 5.74) is 0.658. The van der Waals surface area contributed by atoms with Crippen molar-refractivity contribution in [3.8, 4) is 0 Å². The van der Waals surface area contributed by atoms with Crippen LogP contribution < -0.4 is 5.32 Å². The fourth-order valence-corrected chi connectivity index (χ4v) is 3.62. The number of esters is 1. The van der Waals surface area contributed by atoms with Gasteiger partial charge in [0.15, 0.2) is 6.10 Å². The number of para-hydroxylation sites is 1. The molecule has 0 aliphatic rings. The van der Waals surface area contributed by atoms with E-state index in [4.69, 9.17) is 4.74 Å². The molecule has 1 amide bonds. The van der Waals surface area contributed by atoms with Crippen molar-refractivity contribution in [3.63, 3.8) is 0 Å². The molecule has 25 heavy (non-hydrogen) atoms. The Bertz CT molecular complexity index is 883. The Morgan fingerprint density at radius 3 is 2.84 bits per heavy atom. The molecular formula is C17H15N3O3S2. The number of thiophene rings is 1. The van der Waals surface area contributed by atoms with E-state index in [0.717, 1.165) is 15.2 Å². The van der Waals surface area contributed by atoms with Gasteiger partial charge in [0.25, 0.3) is 5.91 Å². The van der Waals surface area contributed by atoms with Crippen LogP contribution in [0.2, 0.25) is 0 Å². The van der Waals surface area contributed by atoms with E-state index in [1.165, 1.54) is 29.4 Å². The first-order valence-corrected chi connectivity index (χ1v) is 9.36. The van der Waals surface area contributed by atoms with Crippen LogP contribution in [0.4, 0.5) is 5.69 Å². The lowest BCUT2D eigenvalue weighted by Crippen LogP contribution is -2.30. The molecule has 0 radical (unpaired) electrons. The summed E-state index contributed by atoms with van der Waals surface area (Å²) in [5.74, 6) is -0.764. The van der Waals surface area contributed by atoms with Gasteiger partial charge in [-0.3, -0.25) is 9.59 Å². The number of anilines is 1. The summed E-state index contributed by atoms with van der Waals surface area (Å²) in [6.45, 7) is 1.54. The van der Waals surface area contributed by atoms with Crippen LogP contribution in [-0.2, 0) is 14.3 Å². The van der Waals surface area contributed by atoms with Gasteiger partial charge >= 0.3 is 5.97 Å². The molecule has 1 N–H and O–H groups in total. The van der Waals surface area contributed by atoms with E-state index in [1.807, 2.05) is 29.6 Å². The molecule has 1 atom stereocenters. The SMILES string of the molecule is C[C@@H](OC(=O)CSc1ncnc2sccc12)C(=O)Nc1ccccc1. The van der Waals surface area contributed by atoms with Crippen molar-refractivity contribution in [3.05, 3.63) is 48.1 Å². The molecule has 1 aromatic carbocycles. The number of nitrogens with one attached hydrogen (secondary N) is 1. The molecule has 0 saturated heterocycles. The van der Waals surface area contributed by atoms with Gasteiger partial charge in [-0.2, -0.15) is 0 Å². The number of hydrogen-bond acceptors (Lipinski definition) is 7. The topological polar surface area (TPSA) is 81.2 Å². The van der Waals surface area contributed by atoms with Crippen LogP contribution >= 0.6 is 23.1 Å². The van der Waals surface area contributed by atoms with Crippen LogP contribution in [-0.4, -0.2) is 33.7 Å². The molecule has 2 heterocycles. The maximum absolute atomic E-state index is 12.0. The molecule has 8 heteroatoms. The van der Waals surface area contributed by atoms with Gasteiger partial charge in [-0.15, -0.1) is 11.3 Å². The second-order valence-electron chi connectivity index (χ2n) is 5.09. The van der Waals surface area contributed by atoms with Gasteiger partial charge < -0.3 is 10.1 Å². The first-order valence-electron chi connectivity index (χ1n) is 7.50. The molecule has 2 aromatic heterocycles. The molecule has 0 fully saturated rings. The van der Waals surface area contributed by atoms with Crippen molar-refractivity contribution in [1.29, 1.82) is 0 Å². The zero-order valence-corrected chi connectivity index (χ0v) is 15.0. The lowest BCUT2D eigenvalue weighted by atomic mass is 10.3. The number of benzene rings is 1. The fraction of sp³-hybridized carbons (Fsp3) is 0.176. The standard InChI is InChI=1S/C17H15N3O3S2/c1-11(15(22)20-12-5-3-2-4-6-12)23-14(21)9-25-17-13-7-8-24-16(13)18-10-19-17/h2-8,10-11H,9H2,1H3,(H,20,22)/t11-/m1/s1. The highest BCUT2D eigenvalue weighted by Crippen LogP contribution is 2.27. The predicted octanol–water partition coefficient (Wildman–Crippen LogP) is 3.35. The molecule has 0 spiro atoms. The van der Waals surface area contributed by atoms with Crippen LogP contribution in [0.15, 0.2) is 53.1 Å². The van der Waals surface area contributed by atoms with Gasteiger partial charge in [-0.05, 0) is 30.5 Å². The average molecular weight is 373 g/mol. The Balaban J connectivity index is 1.52. The van der Waals surface area contributed by atoms with Gasteiger partial charge in [0.05, 0.1) is 5.75 Å². The Hall–Kier alpha value is -2.45. The molecule has 0 bridgehead atoms. The maximum atomic E-state index is 12.0. The number of nitrogens with zero attached hydrogens (tertiary/aromatic N) is 2. The third kappa shape index (κ3) is 4.55. The zero-order chi connectivity index (χ0) is 17.6. The molecule has 6 nitrogen and oxygen atoms in total. The van der Waals surface area contributed by atoms with E-state index in [1.54, 1.807) is 19.1 Å². The van der Waals surface area contributed by atoms with Gasteiger partial charge in [0.1, 0.15) is 16.2 Å². The maximum Gasteiger partial charge on any atom is 0.317 e. The van der Waals surface area contributed by atoms with Crippen molar-refractivity contribution in [2.24, 2.45) is 0 Å². The quantitative estimate of drug-likeness (QED) is 0.405. The fourth-order valence-electron chi connectivity index (χ4n) is 2.06. The van der Waals surface area contributed by atoms with Crippen LogP contribution in [0.1, 0.15) is 6.92 Å². The molecule has 3 rings (SSSR count). The van der Waals surface area contributed by atoms with Crippen molar-refractivity contribution in [2.45, 2.75) is 18.1 Å². The Morgan fingerprint density at radius 1 is 1.24 bits per heavy atom. The van der Waals surface area contributed by atoms with E-state index in [9.17, 15) is 9.59 Å². The summed E-state index contributed by atoms with van der Waals surface area (Å²) < 4.78 is 5.19. The van der Waals surface area contributed by atoms with Gasteiger partial charge in [0.2, 0.25) is 0 Å². The molecule has 0 saturated carbocycles. The third-order valence-electron chi connectivity index (χ3n) is 3.27. The largest absolute Gasteiger partial charge is 0.452 e. The van der Waals surface area contributed by atoms with Crippen LogP contribution in [0.3, 0.4) is 0 Å². The molecule has 3 aromatic rings. The van der Waals surface area contributed by atoms with Crippen LogP contribution in [0, 0.1) is 0 Å². The van der Waals surface area contributed by atoms with Crippen molar-refractivity contribution in [1.82, 2.24) is 9.97 Å². The summed E-state index contributed by atoms with van der Waals surface area (Å²) in [7, 11) is 0. The van der Waals surface area contributed by atoms with Crippen molar-refractivity contribution in [2.75, 3.05) is 11.1 Å². The van der Waals surface area contributed by atoms with Crippen LogP contribution in [0.25, 0.3) is 10.2 Å². The van der Waals surface area contributed by atoms with Gasteiger partial charge in [-0.1, -0.05) is 30.0 Å². The number of ether oxygens (including phenoxy) is 1. The predicted molar refractivity (Wildman–Crippen MR) is 98.8 cm³/mol. The minimum atomic E-state index is -0.875. The lowest BCUT2D eigenvalue weighted by Gasteiger charge is -2.13. The second-order valence-corrected chi connectivity index (χ2v) is 6.95. The Labute approximate surface area is 152 Å². The van der Waals surface area contributed by atoms with Gasteiger partial charge in [-0.25, -0.2) is 9.97 Å². The highest BCUT2D eigenvalue weighted by atomic mass is 32.2. The zero-order valence-electron chi connectivity index (χ0n) is 13.3. The minimum absolute atomic E-state index is 0.0743. The summed E-state index contributed by atoms with van der Waals surface area (Å²) in [5, 5.41) is 6.27. The summed E-state index contributed by atoms with van der Waals surface area (Å²) in [6.07, 6.45) is 0.600. The molecule has 128 valence electrons. The summed E-state index contributed by atoms with van der Waals surface area (Å²) in [6, 6.07) is 10.9. The number of thioether (sulfide) groups is 1. The monoisotopic (exact) mass is 373 g/mol.